The summed E-state index contributed by atoms with van der Waals surface area (Å²) in [6.07, 6.45) is 0. The second-order valence-electron chi connectivity index (χ2n) is 15.8. The van der Waals surface area contributed by atoms with E-state index in [2.05, 4.69) is 228 Å². The van der Waals surface area contributed by atoms with E-state index in [-0.39, 0.29) is 0 Å². The second kappa shape index (κ2) is 14.3. The number of furan rings is 1. The molecule has 2 heterocycles. The Balaban J connectivity index is 1.08. The van der Waals surface area contributed by atoms with E-state index in [0.717, 1.165) is 66.9 Å². The first-order valence-electron chi connectivity index (χ1n) is 20.8. The van der Waals surface area contributed by atoms with E-state index in [1.807, 2.05) is 12.1 Å². The van der Waals surface area contributed by atoms with E-state index in [1.165, 1.54) is 43.7 Å². The lowest BCUT2D eigenvalue weighted by molar-refractivity contribution is 0.669. The van der Waals surface area contributed by atoms with Crippen LogP contribution in [0.4, 0.5) is 17.1 Å². The number of nitrogens with zero attached hydrogens (tertiary/aromatic N) is 2. The fraction of sp³-hybridized carbons (Fsp3) is 0. The van der Waals surface area contributed by atoms with E-state index >= 15 is 0 Å². The van der Waals surface area contributed by atoms with Gasteiger partial charge in [-0.1, -0.05) is 146 Å². The van der Waals surface area contributed by atoms with Crippen LogP contribution in [0.2, 0.25) is 0 Å². The summed E-state index contributed by atoms with van der Waals surface area (Å²) in [7, 11) is 0. The van der Waals surface area contributed by atoms with Crippen LogP contribution in [0.3, 0.4) is 0 Å². The lowest BCUT2D eigenvalue weighted by Gasteiger charge is -2.27. The Kier molecular flexibility index (Phi) is 8.17. The van der Waals surface area contributed by atoms with Crippen molar-refractivity contribution in [2.45, 2.75) is 0 Å². The van der Waals surface area contributed by atoms with Gasteiger partial charge in [0.05, 0.1) is 11.0 Å². The van der Waals surface area contributed by atoms with Gasteiger partial charge in [0.25, 0.3) is 0 Å². The van der Waals surface area contributed by atoms with Gasteiger partial charge in [-0.05, 0) is 129 Å². The van der Waals surface area contributed by atoms with Gasteiger partial charge in [0, 0.05) is 44.3 Å². The number of aromatic nitrogens is 1. The number of fused-ring (bicyclic) bond motifs is 7. The Morgan fingerprint density at radius 2 is 0.902 bits per heavy atom. The van der Waals surface area contributed by atoms with Gasteiger partial charge < -0.3 is 13.9 Å². The van der Waals surface area contributed by atoms with Crippen LogP contribution in [0.25, 0.3) is 93.6 Å². The third-order valence-corrected chi connectivity index (χ3v) is 12.1. The van der Waals surface area contributed by atoms with Gasteiger partial charge in [-0.2, -0.15) is 0 Å². The molecule has 3 heteroatoms. The quantitative estimate of drug-likeness (QED) is 0.161. The molecule has 0 saturated heterocycles. The van der Waals surface area contributed by atoms with Crippen molar-refractivity contribution < 1.29 is 4.42 Å². The van der Waals surface area contributed by atoms with Gasteiger partial charge in [0.2, 0.25) is 0 Å². The van der Waals surface area contributed by atoms with Crippen molar-refractivity contribution >= 4 is 71.6 Å². The Bertz CT molecular complexity index is 3580. The minimum Gasteiger partial charge on any atom is -0.456 e. The highest BCUT2D eigenvalue weighted by molar-refractivity contribution is 6.11. The van der Waals surface area contributed by atoms with Crippen LogP contribution in [0.5, 0.6) is 0 Å². The summed E-state index contributed by atoms with van der Waals surface area (Å²) in [5.74, 6) is 0. The van der Waals surface area contributed by atoms with Gasteiger partial charge >= 0.3 is 0 Å². The fourth-order valence-corrected chi connectivity index (χ4v) is 9.18. The lowest BCUT2D eigenvalue weighted by Crippen LogP contribution is -2.10. The number of anilines is 3. The summed E-state index contributed by atoms with van der Waals surface area (Å²) in [5.41, 5.74) is 15.5. The van der Waals surface area contributed by atoms with E-state index < -0.39 is 0 Å². The van der Waals surface area contributed by atoms with Crippen molar-refractivity contribution in [3.8, 4) is 39.1 Å². The van der Waals surface area contributed by atoms with Crippen LogP contribution >= 0.6 is 0 Å². The SMILES string of the molecule is c1ccc(-c2ccc(-n3c4ccccc4c4ccc(-c5cc(-c6ccc7oc8ccccc8c7c6)cc(N(c6ccccc6)c6ccc7ccccc7c6)c5)cc43)cc2)cc1. The molecule has 0 amide bonds. The third-order valence-electron chi connectivity index (χ3n) is 12.1. The average Bonchev–Trinajstić information content (AvgIpc) is 3.87. The molecule has 12 rings (SSSR count). The van der Waals surface area contributed by atoms with Crippen LogP contribution in [0.15, 0.2) is 235 Å². The van der Waals surface area contributed by atoms with E-state index in [9.17, 15) is 0 Å². The number of benzene rings is 10. The van der Waals surface area contributed by atoms with Crippen LogP contribution in [-0.2, 0) is 0 Å². The second-order valence-corrected chi connectivity index (χ2v) is 15.8. The smallest absolute Gasteiger partial charge is 0.135 e. The van der Waals surface area contributed by atoms with Crippen molar-refractivity contribution in [1.82, 2.24) is 4.57 Å². The average molecular weight is 779 g/mol. The molecule has 10 aromatic carbocycles. The molecule has 0 spiro atoms. The molecule has 0 aliphatic heterocycles. The predicted octanol–water partition coefficient (Wildman–Crippen LogP) is 16.3. The molecule has 0 aliphatic carbocycles. The monoisotopic (exact) mass is 778 g/mol. The van der Waals surface area contributed by atoms with Gasteiger partial charge in [-0.15, -0.1) is 0 Å². The first kappa shape index (κ1) is 34.9. The highest BCUT2D eigenvalue weighted by atomic mass is 16.3. The molecule has 0 saturated carbocycles. The first-order valence-corrected chi connectivity index (χ1v) is 20.8. The summed E-state index contributed by atoms with van der Waals surface area (Å²) in [6, 6.07) is 83.2. The molecule has 12 aromatic rings. The summed E-state index contributed by atoms with van der Waals surface area (Å²) in [4.78, 5) is 2.38. The highest BCUT2D eigenvalue weighted by Crippen LogP contribution is 2.43. The van der Waals surface area contributed by atoms with Crippen LogP contribution < -0.4 is 4.90 Å². The zero-order valence-electron chi connectivity index (χ0n) is 33.2. The Morgan fingerprint density at radius 1 is 0.295 bits per heavy atom. The molecule has 3 nitrogen and oxygen atoms in total. The largest absolute Gasteiger partial charge is 0.456 e. The molecular formula is C58H38N2O. The minimum absolute atomic E-state index is 0.887. The molecule has 0 bridgehead atoms. The van der Waals surface area contributed by atoms with Crippen molar-refractivity contribution in [3.63, 3.8) is 0 Å². The number of rotatable bonds is 7. The zero-order chi connectivity index (χ0) is 40.3. The van der Waals surface area contributed by atoms with Crippen LogP contribution in [0, 0.1) is 0 Å². The Morgan fingerprint density at radius 3 is 1.72 bits per heavy atom. The number of hydrogen-bond acceptors (Lipinski definition) is 2. The molecule has 286 valence electrons. The van der Waals surface area contributed by atoms with E-state index in [4.69, 9.17) is 4.42 Å². The van der Waals surface area contributed by atoms with Crippen LogP contribution in [0.1, 0.15) is 0 Å². The van der Waals surface area contributed by atoms with Crippen molar-refractivity contribution in [2.24, 2.45) is 0 Å². The molecule has 0 N–H and O–H groups in total. The predicted molar refractivity (Wildman–Crippen MR) is 257 cm³/mol. The van der Waals surface area contributed by atoms with Gasteiger partial charge in [-0.25, -0.2) is 0 Å². The fourth-order valence-electron chi connectivity index (χ4n) is 9.18. The Hall–Kier alpha value is -8.14. The summed E-state index contributed by atoms with van der Waals surface area (Å²) in [6.45, 7) is 0. The standard InChI is InChI=1S/C58H38N2O/c1-3-13-39(14-4-1)41-23-28-48(29-24-41)60-55-21-11-9-19-51(55)52-31-26-44(38-56(52)60)46-33-45(43-27-32-58-54(37-43)53-20-10-12-22-57(53)61-58)35-50(36-46)59(47-17-5-2-6-18-47)49-30-25-40-15-7-8-16-42(40)34-49/h1-38H. The molecular weight excluding hydrogens is 741 g/mol. The van der Waals surface area contributed by atoms with Gasteiger partial charge in [0.15, 0.2) is 0 Å². The maximum atomic E-state index is 6.28. The summed E-state index contributed by atoms with van der Waals surface area (Å²) in [5, 5.41) is 7.10. The third kappa shape index (κ3) is 6.06. The van der Waals surface area contributed by atoms with Crippen molar-refractivity contribution in [2.75, 3.05) is 4.90 Å². The number of hydrogen-bond donors (Lipinski definition) is 0. The molecule has 2 aromatic heterocycles. The molecule has 0 unspecified atom stereocenters. The molecule has 0 fully saturated rings. The first-order chi connectivity index (χ1) is 30.2. The normalized spacial score (nSPS) is 11.6. The Labute approximate surface area is 353 Å². The van der Waals surface area contributed by atoms with Crippen molar-refractivity contribution in [3.05, 3.63) is 231 Å². The highest BCUT2D eigenvalue weighted by Gasteiger charge is 2.19. The zero-order valence-corrected chi connectivity index (χ0v) is 33.2. The maximum Gasteiger partial charge on any atom is 0.135 e. The summed E-state index contributed by atoms with van der Waals surface area (Å²) < 4.78 is 8.69. The molecule has 61 heavy (non-hydrogen) atoms. The van der Waals surface area contributed by atoms with E-state index in [1.54, 1.807) is 0 Å². The van der Waals surface area contributed by atoms with Gasteiger partial charge in [0.1, 0.15) is 11.2 Å². The van der Waals surface area contributed by atoms with Gasteiger partial charge in [-0.3, -0.25) is 0 Å². The molecule has 0 aliphatic rings. The van der Waals surface area contributed by atoms with E-state index in [0.29, 0.717) is 0 Å². The van der Waals surface area contributed by atoms with Crippen molar-refractivity contribution in [1.29, 1.82) is 0 Å². The topological polar surface area (TPSA) is 21.3 Å². The lowest BCUT2D eigenvalue weighted by atomic mass is 9.95. The number of para-hydroxylation sites is 3. The molecule has 0 radical (unpaired) electrons. The maximum absolute atomic E-state index is 6.28. The molecule has 0 atom stereocenters. The summed E-state index contributed by atoms with van der Waals surface area (Å²) >= 11 is 0. The van der Waals surface area contributed by atoms with Crippen LogP contribution in [-0.4, -0.2) is 4.57 Å². The minimum atomic E-state index is 0.887.